The van der Waals surface area contributed by atoms with Crippen molar-refractivity contribution in [2.45, 2.75) is 18.8 Å². The van der Waals surface area contributed by atoms with Crippen molar-refractivity contribution < 1.29 is 0 Å². The molecule has 0 bridgehead atoms. The summed E-state index contributed by atoms with van der Waals surface area (Å²) in [5, 5.41) is 0.599. The molecule has 1 heterocycles. The van der Waals surface area contributed by atoms with Crippen LogP contribution in [0.15, 0.2) is 6.20 Å². The van der Waals surface area contributed by atoms with E-state index in [4.69, 9.17) is 11.6 Å². The van der Waals surface area contributed by atoms with Gasteiger partial charge in [-0.15, -0.1) is 0 Å². The van der Waals surface area contributed by atoms with Gasteiger partial charge < -0.3 is 4.57 Å². The van der Waals surface area contributed by atoms with Gasteiger partial charge in [0.05, 0.1) is 6.20 Å². The Balaban J connectivity index is 2.40. The highest BCUT2D eigenvalue weighted by Gasteiger charge is 2.26. The van der Waals surface area contributed by atoms with Gasteiger partial charge in [-0.1, -0.05) is 0 Å². The van der Waals surface area contributed by atoms with Gasteiger partial charge in [-0.05, 0) is 24.4 Å². The smallest absolute Gasteiger partial charge is 0.202 e. The average molecular weight is 157 g/mol. The predicted octanol–water partition coefficient (Wildman–Crippen LogP) is 1.95. The van der Waals surface area contributed by atoms with Crippen molar-refractivity contribution in [3.05, 3.63) is 17.2 Å². The van der Waals surface area contributed by atoms with Crippen LogP contribution in [0.4, 0.5) is 0 Å². The number of rotatable bonds is 1. The first-order valence-electron chi connectivity index (χ1n) is 3.46. The fraction of sp³-hybridized carbons (Fsp3) is 0.571. The Labute approximate surface area is 64.8 Å². The van der Waals surface area contributed by atoms with Crippen LogP contribution in [0, 0.1) is 0 Å². The van der Waals surface area contributed by atoms with E-state index in [1.807, 2.05) is 17.8 Å². The highest BCUT2D eigenvalue weighted by molar-refractivity contribution is 6.28. The van der Waals surface area contributed by atoms with Crippen molar-refractivity contribution >= 4 is 11.6 Å². The Morgan fingerprint density at radius 3 is 2.80 bits per heavy atom. The highest BCUT2D eigenvalue weighted by Crippen LogP contribution is 2.40. The van der Waals surface area contributed by atoms with E-state index < -0.39 is 0 Å². The molecule has 0 unspecified atom stereocenters. The normalized spacial score (nSPS) is 17.8. The van der Waals surface area contributed by atoms with Crippen LogP contribution in [0.5, 0.6) is 0 Å². The standard InChI is InChI=1S/C7H9ClN2/c1-10-6(5-2-3-5)4-9-7(10)8/h4-5H,2-3H2,1H3. The molecule has 0 atom stereocenters. The molecule has 1 fully saturated rings. The minimum absolute atomic E-state index is 0.599. The topological polar surface area (TPSA) is 17.8 Å². The van der Waals surface area contributed by atoms with Crippen LogP contribution in [-0.4, -0.2) is 9.55 Å². The highest BCUT2D eigenvalue weighted by atomic mass is 35.5. The summed E-state index contributed by atoms with van der Waals surface area (Å²) in [5.41, 5.74) is 1.28. The maximum atomic E-state index is 5.75. The van der Waals surface area contributed by atoms with Crippen molar-refractivity contribution in [3.63, 3.8) is 0 Å². The molecule has 2 nitrogen and oxygen atoms in total. The van der Waals surface area contributed by atoms with E-state index in [1.54, 1.807) is 0 Å². The van der Waals surface area contributed by atoms with Crippen molar-refractivity contribution in [2.75, 3.05) is 0 Å². The van der Waals surface area contributed by atoms with E-state index in [1.165, 1.54) is 18.5 Å². The fourth-order valence-electron chi connectivity index (χ4n) is 1.16. The molecule has 0 spiro atoms. The maximum Gasteiger partial charge on any atom is 0.202 e. The molecule has 10 heavy (non-hydrogen) atoms. The third-order valence-electron chi connectivity index (χ3n) is 1.96. The minimum atomic E-state index is 0.599. The Bertz CT molecular complexity index is 250. The Morgan fingerprint density at radius 1 is 1.70 bits per heavy atom. The largest absolute Gasteiger partial charge is 0.322 e. The zero-order chi connectivity index (χ0) is 7.14. The van der Waals surface area contributed by atoms with Crippen LogP contribution in [0.1, 0.15) is 24.5 Å². The van der Waals surface area contributed by atoms with Crippen molar-refractivity contribution in [2.24, 2.45) is 7.05 Å². The zero-order valence-corrected chi connectivity index (χ0v) is 6.60. The van der Waals surface area contributed by atoms with Crippen LogP contribution < -0.4 is 0 Å². The summed E-state index contributed by atoms with van der Waals surface area (Å²) < 4.78 is 1.96. The zero-order valence-electron chi connectivity index (χ0n) is 5.84. The number of aromatic nitrogens is 2. The van der Waals surface area contributed by atoms with Crippen LogP contribution >= 0.6 is 11.6 Å². The maximum absolute atomic E-state index is 5.75. The second-order valence-corrected chi connectivity index (χ2v) is 3.12. The summed E-state index contributed by atoms with van der Waals surface area (Å²) in [7, 11) is 1.96. The van der Waals surface area contributed by atoms with Crippen LogP contribution in [0.25, 0.3) is 0 Å². The van der Waals surface area contributed by atoms with Gasteiger partial charge >= 0.3 is 0 Å². The fourth-order valence-corrected chi connectivity index (χ4v) is 1.30. The molecule has 0 N–H and O–H groups in total. The summed E-state index contributed by atoms with van der Waals surface area (Å²) in [6.45, 7) is 0. The molecule has 0 aromatic carbocycles. The lowest BCUT2D eigenvalue weighted by molar-refractivity contribution is 0.827. The first kappa shape index (κ1) is 6.23. The quantitative estimate of drug-likeness (QED) is 0.608. The molecule has 1 aromatic heterocycles. The second-order valence-electron chi connectivity index (χ2n) is 2.79. The first-order valence-corrected chi connectivity index (χ1v) is 3.84. The van der Waals surface area contributed by atoms with E-state index in [0.717, 1.165) is 5.92 Å². The summed E-state index contributed by atoms with van der Waals surface area (Å²) in [6.07, 6.45) is 4.48. The van der Waals surface area contributed by atoms with E-state index in [9.17, 15) is 0 Å². The summed E-state index contributed by atoms with van der Waals surface area (Å²) in [6, 6.07) is 0. The van der Waals surface area contributed by atoms with Gasteiger partial charge in [0, 0.05) is 18.7 Å². The lowest BCUT2D eigenvalue weighted by Crippen LogP contribution is -1.92. The van der Waals surface area contributed by atoms with Crippen molar-refractivity contribution in [1.82, 2.24) is 9.55 Å². The molecule has 54 valence electrons. The molecule has 0 radical (unpaired) electrons. The minimum Gasteiger partial charge on any atom is -0.322 e. The summed E-state index contributed by atoms with van der Waals surface area (Å²) in [5.74, 6) is 0.741. The van der Waals surface area contributed by atoms with Crippen molar-refractivity contribution in [1.29, 1.82) is 0 Å². The molecule has 0 saturated heterocycles. The molecule has 2 rings (SSSR count). The van der Waals surface area contributed by atoms with Crippen LogP contribution in [-0.2, 0) is 7.05 Å². The van der Waals surface area contributed by atoms with Gasteiger partial charge in [0.1, 0.15) is 0 Å². The molecule has 0 amide bonds. The third kappa shape index (κ3) is 0.833. The van der Waals surface area contributed by atoms with E-state index in [0.29, 0.717) is 5.28 Å². The molecule has 3 heteroatoms. The van der Waals surface area contributed by atoms with Gasteiger partial charge in [0.2, 0.25) is 5.28 Å². The number of nitrogens with zero attached hydrogens (tertiary/aromatic N) is 2. The number of hydrogen-bond acceptors (Lipinski definition) is 1. The second kappa shape index (κ2) is 1.99. The predicted molar refractivity (Wildman–Crippen MR) is 40.2 cm³/mol. The van der Waals surface area contributed by atoms with Gasteiger partial charge in [-0.2, -0.15) is 0 Å². The molecule has 1 aromatic rings. The van der Waals surface area contributed by atoms with Crippen LogP contribution in [0.2, 0.25) is 5.28 Å². The number of imidazole rings is 1. The molecule has 1 aliphatic rings. The Kier molecular flexibility index (Phi) is 1.24. The number of halogens is 1. The first-order chi connectivity index (χ1) is 4.79. The molecular weight excluding hydrogens is 148 g/mol. The lowest BCUT2D eigenvalue weighted by atomic mass is 10.3. The van der Waals surface area contributed by atoms with Crippen molar-refractivity contribution in [3.8, 4) is 0 Å². The van der Waals surface area contributed by atoms with E-state index >= 15 is 0 Å². The lowest BCUT2D eigenvalue weighted by Gasteiger charge is -1.97. The van der Waals surface area contributed by atoms with E-state index in [-0.39, 0.29) is 0 Å². The number of hydrogen-bond donors (Lipinski definition) is 0. The third-order valence-corrected chi connectivity index (χ3v) is 2.31. The Hall–Kier alpha value is -0.500. The summed E-state index contributed by atoms with van der Waals surface area (Å²) in [4.78, 5) is 4.01. The molecule has 1 aliphatic carbocycles. The average Bonchev–Trinajstić information content (AvgIpc) is 2.67. The summed E-state index contributed by atoms with van der Waals surface area (Å²) >= 11 is 5.75. The molecule has 0 aliphatic heterocycles. The van der Waals surface area contributed by atoms with Crippen LogP contribution in [0.3, 0.4) is 0 Å². The van der Waals surface area contributed by atoms with Gasteiger partial charge in [-0.25, -0.2) is 4.98 Å². The molecule has 1 saturated carbocycles. The monoisotopic (exact) mass is 156 g/mol. The molecular formula is C7H9ClN2. The van der Waals surface area contributed by atoms with Gasteiger partial charge in [0.15, 0.2) is 0 Å². The van der Waals surface area contributed by atoms with Gasteiger partial charge in [-0.3, -0.25) is 0 Å². The van der Waals surface area contributed by atoms with Gasteiger partial charge in [0.25, 0.3) is 0 Å². The Morgan fingerprint density at radius 2 is 2.40 bits per heavy atom. The van der Waals surface area contributed by atoms with E-state index in [2.05, 4.69) is 4.98 Å². The SMILES string of the molecule is Cn1c(C2CC2)cnc1Cl.